The lowest BCUT2D eigenvalue weighted by Gasteiger charge is -2.19. The number of aromatic nitrogens is 1. The standard InChI is InChI=1S/C14H24N2/c1-5-7-16-13(4)9-12(3)14-10-15-8-6-11(14)2/h6,8,10,12-13,16H,5,7,9H2,1-4H3. The summed E-state index contributed by atoms with van der Waals surface area (Å²) in [7, 11) is 0. The molecule has 0 aliphatic heterocycles. The summed E-state index contributed by atoms with van der Waals surface area (Å²) < 4.78 is 0. The minimum absolute atomic E-state index is 0.577. The van der Waals surface area contributed by atoms with Crippen LogP contribution in [-0.2, 0) is 0 Å². The van der Waals surface area contributed by atoms with Crippen LogP contribution in [0.15, 0.2) is 18.5 Å². The Kier molecular flexibility index (Phi) is 5.47. The first-order valence-corrected chi connectivity index (χ1v) is 6.29. The van der Waals surface area contributed by atoms with Gasteiger partial charge in [-0.2, -0.15) is 0 Å². The first kappa shape index (κ1) is 13.2. The fourth-order valence-electron chi connectivity index (χ4n) is 2.12. The Bertz CT molecular complexity index is 309. The first-order valence-electron chi connectivity index (χ1n) is 6.29. The number of pyridine rings is 1. The molecule has 0 fully saturated rings. The number of aryl methyl sites for hydroxylation is 1. The Hall–Kier alpha value is -0.890. The molecule has 0 saturated heterocycles. The van der Waals surface area contributed by atoms with Gasteiger partial charge in [-0.05, 0) is 56.3 Å². The maximum atomic E-state index is 4.22. The molecular formula is C14H24N2. The van der Waals surface area contributed by atoms with Gasteiger partial charge >= 0.3 is 0 Å². The number of rotatable bonds is 6. The van der Waals surface area contributed by atoms with Crippen molar-refractivity contribution in [3.63, 3.8) is 0 Å². The van der Waals surface area contributed by atoms with Gasteiger partial charge in [-0.1, -0.05) is 13.8 Å². The van der Waals surface area contributed by atoms with E-state index in [0.717, 1.165) is 6.54 Å². The van der Waals surface area contributed by atoms with Gasteiger partial charge in [0.2, 0.25) is 0 Å². The summed E-state index contributed by atoms with van der Waals surface area (Å²) in [5, 5.41) is 3.53. The van der Waals surface area contributed by atoms with Crippen molar-refractivity contribution in [2.75, 3.05) is 6.54 Å². The second-order valence-corrected chi connectivity index (χ2v) is 4.72. The lowest BCUT2D eigenvalue weighted by molar-refractivity contribution is 0.478. The van der Waals surface area contributed by atoms with Crippen LogP contribution >= 0.6 is 0 Å². The van der Waals surface area contributed by atoms with E-state index in [0.29, 0.717) is 12.0 Å². The summed E-state index contributed by atoms with van der Waals surface area (Å²) in [5.74, 6) is 0.577. The lowest BCUT2D eigenvalue weighted by Crippen LogP contribution is -2.28. The van der Waals surface area contributed by atoms with Crippen molar-refractivity contribution in [1.29, 1.82) is 0 Å². The Morgan fingerprint density at radius 1 is 1.38 bits per heavy atom. The molecule has 1 aromatic rings. The third kappa shape index (κ3) is 3.93. The molecule has 0 amide bonds. The van der Waals surface area contributed by atoms with E-state index in [9.17, 15) is 0 Å². The topological polar surface area (TPSA) is 24.9 Å². The Labute approximate surface area is 99.5 Å². The summed E-state index contributed by atoms with van der Waals surface area (Å²) in [5.41, 5.74) is 2.73. The van der Waals surface area contributed by atoms with Gasteiger partial charge in [-0.3, -0.25) is 4.98 Å². The molecule has 1 aromatic heterocycles. The molecule has 0 spiro atoms. The third-order valence-corrected chi connectivity index (χ3v) is 3.06. The van der Waals surface area contributed by atoms with Gasteiger partial charge in [0.25, 0.3) is 0 Å². The Morgan fingerprint density at radius 2 is 2.12 bits per heavy atom. The van der Waals surface area contributed by atoms with Gasteiger partial charge in [0.15, 0.2) is 0 Å². The zero-order chi connectivity index (χ0) is 12.0. The summed E-state index contributed by atoms with van der Waals surface area (Å²) in [6.07, 6.45) is 6.24. The van der Waals surface area contributed by atoms with Crippen LogP contribution in [0.1, 0.15) is 50.7 Å². The smallest absolute Gasteiger partial charge is 0.0305 e. The average molecular weight is 220 g/mol. The van der Waals surface area contributed by atoms with E-state index < -0.39 is 0 Å². The molecular weight excluding hydrogens is 196 g/mol. The highest BCUT2D eigenvalue weighted by molar-refractivity contribution is 5.25. The van der Waals surface area contributed by atoms with Crippen LogP contribution in [0.2, 0.25) is 0 Å². The summed E-state index contributed by atoms with van der Waals surface area (Å²) >= 11 is 0. The van der Waals surface area contributed by atoms with E-state index >= 15 is 0 Å². The molecule has 2 unspecified atom stereocenters. The SMILES string of the molecule is CCCNC(C)CC(C)c1cnccc1C. The van der Waals surface area contributed by atoms with Gasteiger partial charge in [0.05, 0.1) is 0 Å². The molecule has 90 valence electrons. The highest BCUT2D eigenvalue weighted by Crippen LogP contribution is 2.22. The number of nitrogens with one attached hydrogen (secondary N) is 1. The highest BCUT2D eigenvalue weighted by Gasteiger charge is 2.12. The second-order valence-electron chi connectivity index (χ2n) is 4.72. The maximum Gasteiger partial charge on any atom is 0.0305 e. The van der Waals surface area contributed by atoms with Crippen LogP contribution < -0.4 is 5.32 Å². The fraction of sp³-hybridized carbons (Fsp3) is 0.643. The zero-order valence-electron chi connectivity index (χ0n) is 11.0. The van der Waals surface area contributed by atoms with E-state index in [1.54, 1.807) is 0 Å². The summed E-state index contributed by atoms with van der Waals surface area (Å²) in [6.45, 7) is 10.0. The summed E-state index contributed by atoms with van der Waals surface area (Å²) in [4.78, 5) is 4.22. The molecule has 1 rings (SSSR count). The minimum Gasteiger partial charge on any atom is -0.314 e. The van der Waals surface area contributed by atoms with Crippen molar-refractivity contribution >= 4 is 0 Å². The molecule has 1 heterocycles. The van der Waals surface area contributed by atoms with Crippen LogP contribution in [0.25, 0.3) is 0 Å². The minimum atomic E-state index is 0.577. The normalized spacial score (nSPS) is 14.8. The third-order valence-electron chi connectivity index (χ3n) is 3.06. The molecule has 2 heteroatoms. The van der Waals surface area contributed by atoms with Gasteiger partial charge in [0, 0.05) is 18.4 Å². The molecule has 2 atom stereocenters. The molecule has 0 aliphatic rings. The van der Waals surface area contributed by atoms with E-state index in [2.05, 4.69) is 44.1 Å². The first-order chi connectivity index (χ1) is 7.65. The van der Waals surface area contributed by atoms with Crippen LogP contribution in [0.4, 0.5) is 0 Å². The highest BCUT2D eigenvalue weighted by atomic mass is 14.9. The van der Waals surface area contributed by atoms with Crippen molar-refractivity contribution in [1.82, 2.24) is 10.3 Å². The van der Waals surface area contributed by atoms with Crippen LogP contribution in [-0.4, -0.2) is 17.6 Å². The van der Waals surface area contributed by atoms with Crippen LogP contribution in [0, 0.1) is 6.92 Å². The predicted molar refractivity (Wildman–Crippen MR) is 69.8 cm³/mol. The molecule has 16 heavy (non-hydrogen) atoms. The van der Waals surface area contributed by atoms with Crippen molar-refractivity contribution in [2.24, 2.45) is 0 Å². The molecule has 0 aromatic carbocycles. The van der Waals surface area contributed by atoms with Gasteiger partial charge in [0.1, 0.15) is 0 Å². The number of hydrogen-bond donors (Lipinski definition) is 1. The fourth-order valence-corrected chi connectivity index (χ4v) is 2.12. The molecule has 0 aliphatic carbocycles. The maximum absolute atomic E-state index is 4.22. The molecule has 2 nitrogen and oxygen atoms in total. The number of nitrogens with zero attached hydrogens (tertiary/aromatic N) is 1. The van der Waals surface area contributed by atoms with Crippen molar-refractivity contribution < 1.29 is 0 Å². The monoisotopic (exact) mass is 220 g/mol. The van der Waals surface area contributed by atoms with Gasteiger partial charge < -0.3 is 5.32 Å². The van der Waals surface area contributed by atoms with E-state index in [-0.39, 0.29) is 0 Å². The zero-order valence-corrected chi connectivity index (χ0v) is 11.0. The predicted octanol–water partition coefficient (Wildman–Crippen LogP) is 3.27. The van der Waals surface area contributed by atoms with Gasteiger partial charge in [-0.15, -0.1) is 0 Å². The number of hydrogen-bond acceptors (Lipinski definition) is 2. The quantitative estimate of drug-likeness (QED) is 0.796. The summed E-state index contributed by atoms with van der Waals surface area (Å²) in [6, 6.07) is 2.67. The Balaban J connectivity index is 2.52. The Morgan fingerprint density at radius 3 is 2.75 bits per heavy atom. The van der Waals surface area contributed by atoms with Crippen LogP contribution in [0.5, 0.6) is 0 Å². The lowest BCUT2D eigenvalue weighted by atomic mass is 9.93. The average Bonchev–Trinajstić information content (AvgIpc) is 2.26. The molecule has 0 radical (unpaired) electrons. The largest absolute Gasteiger partial charge is 0.314 e. The second kappa shape index (κ2) is 6.64. The van der Waals surface area contributed by atoms with Crippen LogP contribution in [0.3, 0.4) is 0 Å². The van der Waals surface area contributed by atoms with Gasteiger partial charge in [-0.25, -0.2) is 0 Å². The van der Waals surface area contributed by atoms with E-state index in [4.69, 9.17) is 0 Å². The van der Waals surface area contributed by atoms with E-state index in [1.165, 1.54) is 24.0 Å². The van der Waals surface area contributed by atoms with E-state index in [1.807, 2.05) is 12.4 Å². The molecule has 0 bridgehead atoms. The van der Waals surface area contributed by atoms with Crippen molar-refractivity contribution in [3.8, 4) is 0 Å². The van der Waals surface area contributed by atoms with Crippen molar-refractivity contribution in [3.05, 3.63) is 29.6 Å². The molecule has 1 N–H and O–H groups in total. The molecule has 0 saturated carbocycles. The van der Waals surface area contributed by atoms with Crippen molar-refractivity contribution in [2.45, 2.75) is 52.5 Å².